The number of benzene rings is 1. The molecule has 1 amide bonds. The Labute approximate surface area is 319 Å². The lowest BCUT2D eigenvalue weighted by Crippen LogP contribution is -2.60. The molecule has 13 heteroatoms. The fraction of sp³-hybridized carbons (Fsp3) is 0.659. The van der Waals surface area contributed by atoms with Gasteiger partial charge in [0.1, 0.15) is 29.8 Å². The molecule has 0 radical (unpaired) electrons. The molecule has 3 heterocycles. The third-order valence-electron chi connectivity index (χ3n) is 11.2. The summed E-state index contributed by atoms with van der Waals surface area (Å²) in [5.41, 5.74) is -1.64. The van der Waals surface area contributed by atoms with E-state index in [0.717, 1.165) is 16.5 Å². The second-order valence-electron chi connectivity index (χ2n) is 15.9. The maximum atomic E-state index is 14.3. The highest BCUT2D eigenvalue weighted by Crippen LogP contribution is 2.37. The molecular weight excluding hydrogens is 694 g/mol. The van der Waals surface area contributed by atoms with Gasteiger partial charge in [0.05, 0.1) is 36.0 Å². The van der Waals surface area contributed by atoms with E-state index in [-0.39, 0.29) is 31.6 Å². The van der Waals surface area contributed by atoms with Crippen LogP contribution in [-0.4, -0.2) is 124 Å². The molecule has 1 aromatic heterocycles. The average molecular weight is 756 g/mol. The number of likely N-dealkylation sites (N-methyl/N-ethyl adjacent to an activating group) is 1. The molecule has 13 nitrogen and oxygen atoms in total. The van der Waals surface area contributed by atoms with Crippen LogP contribution in [0.5, 0.6) is 0 Å². The predicted octanol–water partition coefficient (Wildman–Crippen LogP) is 3.65. The van der Waals surface area contributed by atoms with E-state index in [0.29, 0.717) is 6.42 Å². The van der Waals surface area contributed by atoms with Gasteiger partial charge in [0.25, 0.3) is 0 Å². The summed E-state index contributed by atoms with van der Waals surface area (Å²) in [4.78, 5) is 48.1. The van der Waals surface area contributed by atoms with Gasteiger partial charge in [-0.3, -0.25) is 19.4 Å². The number of pyridine rings is 1. The Morgan fingerprint density at radius 2 is 1.76 bits per heavy atom. The van der Waals surface area contributed by atoms with Crippen molar-refractivity contribution in [3.05, 3.63) is 48.2 Å². The van der Waals surface area contributed by atoms with Gasteiger partial charge in [-0.05, 0) is 85.7 Å². The summed E-state index contributed by atoms with van der Waals surface area (Å²) in [6, 6.07) is 8.52. The first-order valence-electron chi connectivity index (χ1n) is 19.1. The van der Waals surface area contributed by atoms with E-state index >= 15 is 0 Å². The number of nitrogens with one attached hydrogen (secondary N) is 1. The smallest absolute Gasteiger partial charge is 0.316 e. The van der Waals surface area contributed by atoms with Gasteiger partial charge in [0, 0.05) is 29.5 Å². The van der Waals surface area contributed by atoms with E-state index in [2.05, 4.69) is 10.3 Å². The normalized spacial score (nSPS) is 37.9. The molecule has 2 aliphatic heterocycles. The lowest BCUT2D eigenvalue weighted by Gasteiger charge is -2.47. The number of aromatic nitrogens is 1. The number of amides is 1. The summed E-state index contributed by atoms with van der Waals surface area (Å²) < 4.78 is 25.2. The second-order valence-corrected chi connectivity index (χ2v) is 15.9. The summed E-state index contributed by atoms with van der Waals surface area (Å²) in [6.07, 6.45) is -0.293. The molecule has 0 saturated carbocycles. The molecule has 2 fully saturated rings. The van der Waals surface area contributed by atoms with E-state index in [4.69, 9.17) is 18.9 Å². The van der Waals surface area contributed by atoms with Crippen LogP contribution in [0.25, 0.3) is 17.0 Å². The minimum absolute atomic E-state index is 0.0254. The van der Waals surface area contributed by atoms with Crippen LogP contribution in [0.1, 0.15) is 80.2 Å². The summed E-state index contributed by atoms with van der Waals surface area (Å²) >= 11 is 0. The van der Waals surface area contributed by atoms with Gasteiger partial charge in [-0.1, -0.05) is 51.1 Å². The highest BCUT2D eigenvalue weighted by atomic mass is 16.7. The summed E-state index contributed by atoms with van der Waals surface area (Å²) in [6.45, 7) is 13.0. The van der Waals surface area contributed by atoms with Crippen molar-refractivity contribution >= 4 is 34.6 Å². The van der Waals surface area contributed by atoms with Crippen molar-refractivity contribution in [1.82, 2.24) is 15.2 Å². The number of aliphatic hydroxyl groups is 3. The Hall–Kier alpha value is -3.30. The SMILES string of the molecule is CC[C@H]1OC(=O)[C@H](C)C(=O)[C@H](C)[C@@H](O[C@@H]2O[C@H](C)C[C@H](N(C)C)[C@H]2O)[C@](C)(OC/C=C/c2cnc3ccccc3c2)C[C@@H](C)C(=O)N[C@H](C)[C@H](O)[C@@]1(C)O. The average Bonchev–Trinajstić information content (AvgIpc) is 3.13. The molecule has 0 bridgehead atoms. The number of esters is 1. The number of para-hydroxylation sites is 1. The number of ketones is 1. The van der Waals surface area contributed by atoms with Gasteiger partial charge < -0.3 is 44.5 Å². The van der Waals surface area contributed by atoms with Crippen molar-refractivity contribution in [3.63, 3.8) is 0 Å². The third kappa shape index (κ3) is 9.92. The second kappa shape index (κ2) is 18.1. The fourth-order valence-corrected chi connectivity index (χ4v) is 7.81. The summed E-state index contributed by atoms with van der Waals surface area (Å²) in [5.74, 6) is -4.95. The topological polar surface area (TPSA) is 177 Å². The van der Waals surface area contributed by atoms with E-state index in [1.807, 2.05) is 68.4 Å². The van der Waals surface area contributed by atoms with Crippen LogP contribution in [0.15, 0.2) is 42.6 Å². The van der Waals surface area contributed by atoms with Gasteiger partial charge >= 0.3 is 5.97 Å². The zero-order valence-corrected chi connectivity index (χ0v) is 33.4. The zero-order chi connectivity index (χ0) is 40.1. The number of hydrogen-bond acceptors (Lipinski definition) is 12. The Kier molecular flexibility index (Phi) is 14.6. The number of cyclic esters (lactones) is 1. The van der Waals surface area contributed by atoms with Gasteiger partial charge in [-0.2, -0.15) is 0 Å². The minimum atomic E-state index is -1.96. The van der Waals surface area contributed by atoms with Crippen molar-refractivity contribution in [1.29, 1.82) is 0 Å². The summed E-state index contributed by atoms with van der Waals surface area (Å²) in [5, 5.41) is 38.0. The molecule has 2 aliphatic rings. The molecule has 0 spiro atoms. The van der Waals surface area contributed by atoms with Crippen molar-refractivity contribution in [2.24, 2.45) is 17.8 Å². The minimum Gasteiger partial charge on any atom is -0.459 e. The van der Waals surface area contributed by atoms with E-state index in [1.54, 1.807) is 40.8 Å². The molecule has 1 aromatic carbocycles. The van der Waals surface area contributed by atoms with Crippen molar-refractivity contribution < 1.29 is 48.7 Å². The van der Waals surface area contributed by atoms with Crippen LogP contribution >= 0.6 is 0 Å². The van der Waals surface area contributed by atoms with Crippen LogP contribution < -0.4 is 5.32 Å². The molecule has 300 valence electrons. The number of hydrogen-bond donors (Lipinski definition) is 4. The van der Waals surface area contributed by atoms with Crippen LogP contribution in [0.3, 0.4) is 0 Å². The van der Waals surface area contributed by atoms with Crippen LogP contribution in [0.4, 0.5) is 0 Å². The molecule has 4 N–H and O–H groups in total. The molecule has 2 aromatic rings. The number of fused-ring (bicyclic) bond motifs is 1. The van der Waals surface area contributed by atoms with Gasteiger partial charge in [0.15, 0.2) is 12.1 Å². The van der Waals surface area contributed by atoms with Crippen LogP contribution in [0, 0.1) is 17.8 Å². The number of carbonyl (C=O) groups excluding carboxylic acids is 3. The maximum absolute atomic E-state index is 14.3. The Morgan fingerprint density at radius 3 is 2.43 bits per heavy atom. The van der Waals surface area contributed by atoms with Gasteiger partial charge in [-0.15, -0.1) is 0 Å². The van der Waals surface area contributed by atoms with Gasteiger partial charge in [-0.25, -0.2) is 0 Å². The first kappa shape index (κ1) is 43.4. The fourth-order valence-electron chi connectivity index (χ4n) is 7.81. The highest BCUT2D eigenvalue weighted by Gasteiger charge is 2.51. The third-order valence-corrected chi connectivity index (χ3v) is 11.2. The number of aliphatic hydroxyl groups excluding tert-OH is 2. The van der Waals surface area contributed by atoms with E-state index in [9.17, 15) is 29.7 Å². The number of ether oxygens (including phenoxy) is 4. The van der Waals surface area contributed by atoms with E-state index in [1.165, 1.54) is 13.8 Å². The lowest BCUT2D eigenvalue weighted by molar-refractivity contribution is -0.296. The Bertz CT molecular complexity index is 1630. The molecular formula is C41H61N3O10. The number of nitrogens with zero attached hydrogens (tertiary/aromatic N) is 2. The quantitative estimate of drug-likeness (QED) is 0.228. The van der Waals surface area contributed by atoms with Crippen molar-refractivity contribution in [3.8, 4) is 0 Å². The van der Waals surface area contributed by atoms with Gasteiger partial charge in [0.2, 0.25) is 5.91 Å². The highest BCUT2D eigenvalue weighted by molar-refractivity contribution is 6.00. The first-order chi connectivity index (χ1) is 25.3. The van der Waals surface area contributed by atoms with Crippen molar-refractivity contribution in [2.45, 2.75) is 135 Å². The maximum Gasteiger partial charge on any atom is 0.316 e. The molecule has 2 saturated heterocycles. The number of Topliss-reactive ketones (excluding diaryl/α,β-unsaturated/α-hetero) is 1. The van der Waals surface area contributed by atoms with Crippen LogP contribution in [-0.2, 0) is 33.3 Å². The van der Waals surface area contributed by atoms with E-state index < -0.39 is 83.4 Å². The Balaban J connectivity index is 1.77. The molecule has 4 rings (SSSR count). The molecule has 0 unspecified atom stereocenters. The predicted molar refractivity (Wildman–Crippen MR) is 204 cm³/mol. The zero-order valence-electron chi connectivity index (χ0n) is 33.4. The monoisotopic (exact) mass is 755 g/mol. The number of rotatable bonds is 8. The molecule has 0 aliphatic carbocycles. The molecule has 13 atom stereocenters. The number of carbonyl (C=O) groups is 3. The standard InChI is InChI=1S/C41H61N3O10/c1-11-32-41(8,50)35(47)27(6)43-37(48)23(2)21-40(7,51-18-14-15-28-20-29-16-12-13-17-30(29)42-22-28)36(25(4)33(45)26(5)38(49)53-32)54-39-34(46)31(44(9)10)19-24(3)52-39/h12-17,20,22-27,31-32,34-36,39,46-47,50H,11,18-19,21H2,1-10H3,(H,43,48)/b15-14+/t23-,24-,25+,26-,27-,31+,32-,34-,35+,36-,39+,40-,41+/m1/s1. The Morgan fingerprint density at radius 1 is 1.07 bits per heavy atom. The van der Waals surface area contributed by atoms with Crippen molar-refractivity contribution in [2.75, 3.05) is 20.7 Å². The van der Waals surface area contributed by atoms with Crippen LogP contribution in [0.2, 0.25) is 0 Å². The first-order valence-corrected chi connectivity index (χ1v) is 19.1. The lowest BCUT2D eigenvalue weighted by atomic mass is 9.78. The molecule has 54 heavy (non-hydrogen) atoms. The summed E-state index contributed by atoms with van der Waals surface area (Å²) in [7, 11) is 3.71. The largest absolute Gasteiger partial charge is 0.459 e.